The summed E-state index contributed by atoms with van der Waals surface area (Å²) in [5.41, 5.74) is 2.53. The topological polar surface area (TPSA) is 146 Å². The van der Waals surface area contributed by atoms with Crippen LogP contribution in [0, 0.1) is 5.41 Å². The highest BCUT2D eigenvalue weighted by Gasteiger charge is 2.33. The van der Waals surface area contributed by atoms with Gasteiger partial charge in [0, 0.05) is 11.4 Å². The van der Waals surface area contributed by atoms with Crippen LogP contribution >= 0.6 is 0 Å². The standard InChI is InChI=1S/C25H31N3O7S/c1-3-4-13-36(32,33)27-23(24(29)30)14-18-5-11-21(12-6-18)34-16-22-15-28(25(31)35-22)20-9-7-19(8-10-20)17(2)26/h5-12,22-23,26-27H,3-4,13-16H2,1-2H3,(H,29,30). The summed E-state index contributed by atoms with van der Waals surface area (Å²) in [4.78, 5) is 25.4. The zero-order valence-electron chi connectivity index (χ0n) is 20.3. The van der Waals surface area contributed by atoms with Gasteiger partial charge in [0.1, 0.15) is 18.4 Å². The molecule has 1 saturated heterocycles. The van der Waals surface area contributed by atoms with E-state index in [4.69, 9.17) is 14.9 Å². The maximum Gasteiger partial charge on any atom is 0.414 e. The van der Waals surface area contributed by atoms with Crippen LogP contribution in [0.25, 0.3) is 0 Å². The normalized spacial score (nSPS) is 16.4. The van der Waals surface area contributed by atoms with Gasteiger partial charge in [-0.2, -0.15) is 0 Å². The lowest BCUT2D eigenvalue weighted by Crippen LogP contribution is -2.43. The van der Waals surface area contributed by atoms with Crippen LogP contribution in [0.1, 0.15) is 37.8 Å². The van der Waals surface area contributed by atoms with E-state index in [1.807, 2.05) is 6.92 Å². The fraction of sp³-hybridized carbons (Fsp3) is 0.400. The first-order chi connectivity index (χ1) is 17.1. The van der Waals surface area contributed by atoms with Gasteiger partial charge in [-0.3, -0.25) is 9.69 Å². The maximum atomic E-state index is 12.3. The lowest BCUT2D eigenvalue weighted by Gasteiger charge is -2.15. The number of nitrogens with zero attached hydrogens (tertiary/aromatic N) is 1. The maximum absolute atomic E-state index is 12.3. The first kappa shape index (κ1) is 27.2. The molecule has 0 spiro atoms. The molecule has 1 aliphatic heterocycles. The van der Waals surface area contributed by atoms with Crippen LogP contribution < -0.4 is 14.4 Å². The second-order valence-corrected chi connectivity index (χ2v) is 10.5. The number of ether oxygens (including phenoxy) is 2. The molecule has 194 valence electrons. The van der Waals surface area contributed by atoms with Crippen molar-refractivity contribution in [3.05, 3.63) is 59.7 Å². The number of hydrogen-bond acceptors (Lipinski definition) is 7. The Kier molecular flexibility index (Phi) is 9.05. The van der Waals surface area contributed by atoms with Gasteiger partial charge in [-0.1, -0.05) is 37.6 Å². The smallest absolute Gasteiger partial charge is 0.414 e. The van der Waals surface area contributed by atoms with E-state index in [9.17, 15) is 23.1 Å². The molecule has 0 bridgehead atoms. The number of nitrogens with one attached hydrogen (secondary N) is 2. The van der Waals surface area contributed by atoms with Gasteiger partial charge in [0.15, 0.2) is 6.10 Å². The van der Waals surface area contributed by atoms with Crippen LogP contribution in [0.3, 0.4) is 0 Å². The molecule has 2 atom stereocenters. The summed E-state index contributed by atoms with van der Waals surface area (Å²) >= 11 is 0. The van der Waals surface area contributed by atoms with Crippen molar-refractivity contribution in [2.24, 2.45) is 0 Å². The Morgan fingerprint density at radius 2 is 1.89 bits per heavy atom. The largest absolute Gasteiger partial charge is 0.490 e. The molecular weight excluding hydrogens is 486 g/mol. The van der Waals surface area contributed by atoms with Gasteiger partial charge in [-0.25, -0.2) is 17.9 Å². The minimum atomic E-state index is -3.68. The van der Waals surface area contributed by atoms with Crippen molar-refractivity contribution in [1.82, 2.24) is 4.72 Å². The van der Waals surface area contributed by atoms with Gasteiger partial charge in [-0.15, -0.1) is 0 Å². The number of carbonyl (C=O) groups is 2. The first-order valence-corrected chi connectivity index (χ1v) is 13.3. The lowest BCUT2D eigenvalue weighted by molar-refractivity contribution is -0.138. The molecule has 0 aliphatic carbocycles. The van der Waals surface area contributed by atoms with Gasteiger partial charge in [0.05, 0.1) is 12.3 Å². The van der Waals surface area contributed by atoms with Crippen LogP contribution in [0.15, 0.2) is 48.5 Å². The molecule has 36 heavy (non-hydrogen) atoms. The third-order valence-corrected chi connectivity index (χ3v) is 7.14. The Labute approximate surface area is 210 Å². The molecule has 0 saturated carbocycles. The molecule has 11 heteroatoms. The Bertz CT molecular complexity index is 1180. The van der Waals surface area contributed by atoms with E-state index in [1.54, 1.807) is 55.5 Å². The van der Waals surface area contributed by atoms with E-state index < -0.39 is 34.2 Å². The van der Waals surface area contributed by atoms with Gasteiger partial charge in [0.2, 0.25) is 10.0 Å². The second-order valence-electron chi connectivity index (χ2n) is 8.63. The third kappa shape index (κ3) is 7.53. The minimum Gasteiger partial charge on any atom is -0.490 e. The van der Waals surface area contributed by atoms with Crippen LogP contribution in [0.2, 0.25) is 0 Å². The highest BCUT2D eigenvalue weighted by Crippen LogP contribution is 2.23. The average molecular weight is 518 g/mol. The van der Waals surface area contributed by atoms with Crippen molar-refractivity contribution in [3.63, 3.8) is 0 Å². The predicted molar refractivity (Wildman–Crippen MR) is 135 cm³/mol. The highest BCUT2D eigenvalue weighted by molar-refractivity contribution is 7.89. The molecule has 0 aromatic heterocycles. The molecule has 1 heterocycles. The summed E-state index contributed by atoms with van der Waals surface area (Å²) in [5, 5.41) is 17.1. The number of unbranched alkanes of at least 4 members (excludes halogenated alkanes) is 1. The Morgan fingerprint density at radius 3 is 2.47 bits per heavy atom. The van der Waals surface area contributed by atoms with E-state index in [0.717, 1.165) is 5.56 Å². The van der Waals surface area contributed by atoms with Crippen molar-refractivity contribution in [2.45, 2.75) is 45.3 Å². The number of carboxylic acids is 1. The number of hydrogen-bond donors (Lipinski definition) is 3. The first-order valence-electron chi connectivity index (χ1n) is 11.7. The van der Waals surface area contributed by atoms with Crippen LogP contribution in [-0.4, -0.2) is 62.3 Å². The summed E-state index contributed by atoms with van der Waals surface area (Å²) in [6.45, 7) is 4.01. The van der Waals surface area contributed by atoms with Gasteiger partial charge < -0.3 is 20.0 Å². The van der Waals surface area contributed by atoms with E-state index in [1.165, 1.54) is 4.90 Å². The van der Waals surface area contributed by atoms with Crippen LogP contribution in [0.4, 0.5) is 10.5 Å². The molecular formula is C25H31N3O7S. The summed E-state index contributed by atoms with van der Waals surface area (Å²) < 4.78 is 37.6. The SMILES string of the molecule is CCCCS(=O)(=O)NC(Cc1ccc(OCC2CN(c3ccc(C(C)=N)cc3)C(=O)O2)cc1)C(=O)O. The third-order valence-electron chi connectivity index (χ3n) is 5.67. The summed E-state index contributed by atoms with van der Waals surface area (Å²) in [7, 11) is -3.68. The monoisotopic (exact) mass is 517 g/mol. The number of carboxylic acid groups (broad SMARTS) is 1. The summed E-state index contributed by atoms with van der Waals surface area (Å²) in [6, 6.07) is 12.5. The predicted octanol–water partition coefficient (Wildman–Crippen LogP) is 3.19. The van der Waals surface area contributed by atoms with Crippen LogP contribution in [0.5, 0.6) is 5.75 Å². The average Bonchev–Trinajstić information content (AvgIpc) is 3.22. The molecule has 1 aliphatic rings. The zero-order chi connectivity index (χ0) is 26.3. The molecule has 10 nitrogen and oxygen atoms in total. The molecule has 0 radical (unpaired) electrons. The quantitative estimate of drug-likeness (QED) is 0.346. The fourth-order valence-corrected chi connectivity index (χ4v) is 5.05. The minimum absolute atomic E-state index is 0.00748. The number of amides is 1. The van der Waals surface area contributed by atoms with Crippen molar-refractivity contribution in [3.8, 4) is 5.75 Å². The van der Waals surface area contributed by atoms with Crippen molar-refractivity contribution in [1.29, 1.82) is 5.41 Å². The fourth-order valence-electron chi connectivity index (χ4n) is 3.65. The van der Waals surface area contributed by atoms with E-state index in [2.05, 4.69) is 4.72 Å². The van der Waals surface area contributed by atoms with Gasteiger partial charge >= 0.3 is 12.1 Å². The molecule has 2 unspecified atom stereocenters. The molecule has 1 amide bonds. The highest BCUT2D eigenvalue weighted by atomic mass is 32.2. The molecule has 3 rings (SSSR count). The zero-order valence-corrected chi connectivity index (χ0v) is 21.1. The molecule has 2 aromatic rings. The Morgan fingerprint density at radius 1 is 1.22 bits per heavy atom. The van der Waals surface area contributed by atoms with E-state index >= 15 is 0 Å². The number of sulfonamides is 1. The number of carbonyl (C=O) groups excluding carboxylic acids is 1. The molecule has 1 fully saturated rings. The van der Waals surface area contributed by atoms with E-state index in [0.29, 0.717) is 42.1 Å². The van der Waals surface area contributed by atoms with Crippen molar-refractivity contribution in [2.75, 3.05) is 23.8 Å². The number of anilines is 1. The van der Waals surface area contributed by atoms with Crippen molar-refractivity contribution < 1.29 is 32.6 Å². The number of benzene rings is 2. The number of aliphatic carboxylic acids is 1. The van der Waals surface area contributed by atoms with Gasteiger partial charge in [0.25, 0.3) is 0 Å². The summed E-state index contributed by atoms with van der Waals surface area (Å²) in [6.07, 6.45) is 0.191. The molecule has 2 aromatic carbocycles. The summed E-state index contributed by atoms with van der Waals surface area (Å²) in [5.74, 6) is -0.849. The van der Waals surface area contributed by atoms with Crippen LogP contribution in [-0.2, 0) is 26.0 Å². The Balaban J connectivity index is 1.53. The van der Waals surface area contributed by atoms with E-state index in [-0.39, 0.29) is 18.8 Å². The van der Waals surface area contributed by atoms with Gasteiger partial charge in [-0.05, 0) is 55.2 Å². The Hall–Kier alpha value is -3.44. The lowest BCUT2D eigenvalue weighted by atomic mass is 10.1. The number of cyclic esters (lactones) is 1. The molecule has 3 N–H and O–H groups in total. The van der Waals surface area contributed by atoms with Crippen molar-refractivity contribution >= 4 is 33.5 Å². The second kappa shape index (κ2) is 12.0. The number of rotatable bonds is 13.